The number of rotatable bonds is 2. The molecule has 0 aromatic carbocycles. The van der Waals surface area contributed by atoms with Gasteiger partial charge in [0.25, 0.3) is 5.91 Å². The van der Waals surface area contributed by atoms with E-state index in [0.29, 0.717) is 37.8 Å². The first-order valence-electron chi connectivity index (χ1n) is 8.28. The molecular formula is C16H23N5O2. The fourth-order valence-corrected chi connectivity index (χ4v) is 3.10. The van der Waals surface area contributed by atoms with E-state index in [1.54, 1.807) is 19.2 Å². The zero-order valence-corrected chi connectivity index (χ0v) is 13.6. The number of piperidine rings is 1. The highest BCUT2D eigenvalue weighted by Crippen LogP contribution is 2.15. The van der Waals surface area contributed by atoms with Gasteiger partial charge in [0.1, 0.15) is 5.69 Å². The normalized spacial score (nSPS) is 18.9. The van der Waals surface area contributed by atoms with Gasteiger partial charge in [-0.25, -0.2) is 9.97 Å². The second-order valence-electron chi connectivity index (χ2n) is 6.09. The fraction of sp³-hybridized carbons (Fsp3) is 0.625. The summed E-state index contributed by atoms with van der Waals surface area (Å²) in [6.45, 7) is 5.95. The summed E-state index contributed by atoms with van der Waals surface area (Å²) in [7, 11) is 0. The van der Waals surface area contributed by atoms with Crippen molar-refractivity contribution in [2.45, 2.75) is 26.2 Å². The van der Waals surface area contributed by atoms with Gasteiger partial charge in [0.15, 0.2) is 0 Å². The maximum absolute atomic E-state index is 12.5. The van der Waals surface area contributed by atoms with Crippen LogP contribution in [0.2, 0.25) is 0 Å². The van der Waals surface area contributed by atoms with Gasteiger partial charge in [0, 0.05) is 52.4 Å². The van der Waals surface area contributed by atoms with Gasteiger partial charge >= 0.3 is 0 Å². The van der Waals surface area contributed by atoms with Gasteiger partial charge < -0.3 is 14.7 Å². The van der Waals surface area contributed by atoms with Crippen molar-refractivity contribution in [1.29, 1.82) is 0 Å². The molecule has 2 aliphatic rings. The SMILES string of the molecule is CC(=O)N1CCN(c2nccc(C(=O)N3CCCCC3)n2)CC1. The number of aromatic nitrogens is 2. The van der Waals surface area contributed by atoms with Crippen molar-refractivity contribution in [3.05, 3.63) is 18.0 Å². The Morgan fingerprint density at radius 2 is 1.65 bits per heavy atom. The highest BCUT2D eigenvalue weighted by molar-refractivity contribution is 5.92. The van der Waals surface area contributed by atoms with E-state index < -0.39 is 0 Å². The van der Waals surface area contributed by atoms with Crippen LogP contribution in [0.15, 0.2) is 12.3 Å². The van der Waals surface area contributed by atoms with E-state index in [4.69, 9.17) is 0 Å². The Morgan fingerprint density at radius 1 is 0.957 bits per heavy atom. The molecule has 7 nitrogen and oxygen atoms in total. The van der Waals surface area contributed by atoms with E-state index in [2.05, 4.69) is 9.97 Å². The van der Waals surface area contributed by atoms with Crippen LogP contribution in [0, 0.1) is 0 Å². The average molecular weight is 317 g/mol. The summed E-state index contributed by atoms with van der Waals surface area (Å²) in [6.07, 6.45) is 4.98. The van der Waals surface area contributed by atoms with Crippen LogP contribution < -0.4 is 4.90 Å². The molecule has 2 amide bonds. The predicted molar refractivity (Wildman–Crippen MR) is 86.3 cm³/mol. The van der Waals surface area contributed by atoms with Crippen molar-refractivity contribution < 1.29 is 9.59 Å². The Bertz CT molecular complexity index is 578. The monoisotopic (exact) mass is 317 g/mol. The number of nitrogens with zero attached hydrogens (tertiary/aromatic N) is 5. The van der Waals surface area contributed by atoms with Crippen LogP contribution in [0.25, 0.3) is 0 Å². The molecule has 3 heterocycles. The minimum atomic E-state index is -0.00396. The highest BCUT2D eigenvalue weighted by atomic mass is 16.2. The first-order valence-corrected chi connectivity index (χ1v) is 8.28. The number of amides is 2. The Labute approximate surface area is 136 Å². The van der Waals surface area contributed by atoms with E-state index in [1.165, 1.54) is 6.42 Å². The Hall–Kier alpha value is -2.18. The molecule has 0 atom stereocenters. The minimum Gasteiger partial charge on any atom is -0.339 e. The van der Waals surface area contributed by atoms with Crippen molar-refractivity contribution in [1.82, 2.24) is 19.8 Å². The van der Waals surface area contributed by atoms with Crippen LogP contribution in [0.1, 0.15) is 36.7 Å². The number of hydrogen-bond donors (Lipinski definition) is 0. The van der Waals surface area contributed by atoms with Gasteiger partial charge in [-0.05, 0) is 25.3 Å². The molecular weight excluding hydrogens is 294 g/mol. The van der Waals surface area contributed by atoms with Gasteiger partial charge in [-0.1, -0.05) is 0 Å². The predicted octanol–water partition coefficient (Wildman–Crippen LogP) is 0.771. The van der Waals surface area contributed by atoms with Crippen LogP contribution in [-0.4, -0.2) is 70.9 Å². The maximum atomic E-state index is 12.5. The largest absolute Gasteiger partial charge is 0.339 e. The van der Waals surface area contributed by atoms with Crippen LogP contribution in [0.4, 0.5) is 5.95 Å². The van der Waals surface area contributed by atoms with Gasteiger partial charge in [0.2, 0.25) is 11.9 Å². The summed E-state index contributed by atoms with van der Waals surface area (Å²) < 4.78 is 0. The first kappa shape index (κ1) is 15.7. The molecule has 2 fully saturated rings. The molecule has 1 aromatic heterocycles. The van der Waals surface area contributed by atoms with Crippen molar-refractivity contribution >= 4 is 17.8 Å². The van der Waals surface area contributed by atoms with Crippen molar-refractivity contribution in [2.24, 2.45) is 0 Å². The summed E-state index contributed by atoms with van der Waals surface area (Å²) >= 11 is 0. The van der Waals surface area contributed by atoms with E-state index in [9.17, 15) is 9.59 Å². The lowest BCUT2D eigenvalue weighted by atomic mass is 10.1. The molecule has 0 unspecified atom stereocenters. The molecule has 7 heteroatoms. The zero-order valence-electron chi connectivity index (χ0n) is 13.6. The lowest BCUT2D eigenvalue weighted by Crippen LogP contribution is -2.48. The molecule has 2 aliphatic heterocycles. The third-order valence-electron chi connectivity index (χ3n) is 4.51. The van der Waals surface area contributed by atoms with E-state index in [-0.39, 0.29) is 11.8 Å². The van der Waals surface area contributed by atoms with Crippen LogP contribution in [-0.2, 0) is 4.79 Å². The van der Waals surface area contributed by atoms with E-state index >= 15 is 0 Å². The van der Waals surface area contributed by atoms with Crippen LogP contribution in [0.3, 0.4) is 0 Å². The first-order chi connectivity index (χ1) is 11.1. The lowest BCUT2D eigenvalue weighted by Gasteiger charge is -2.34. The summed E-state index contributed by atoms with van der Waals surface area (Å²) in [4.78, 5) is 38.4. The smallest absolute Gasteiger partial charge is 0.272 e. The third-order valence-corrected chi connectivity index (χ3v) is 4.51. The summed E-state index contributed by atoms with van der Waals surface area (Å²) in [5.74, 6) is 0.673. The van der Waals surface area contributed by atoms with Crippen molar-refractivity contribution in [3.8, 4) is 0 Å². The van der Waals surface area contributed by atoms with Crippen molar-refractivity contribution in [2.75, 3.05) is 44.2 Å². The standard InChI is InChI=1S/C16H23N5O2/c1-13(22)19-9-11-21(12-10-19)16-17-6-5-14(18-16)15(23)20-7-3-2-4-8-20/h5-6H,2-4,7-12H2,1H3. The minimum absolute atomic E-state index is 0.00396. The van der Waals surface area contributed by atoms with Crippen molar-refractivity contribution in [3.63, 3.8) is 0 Å². The maximum Gasteiger partial charge on any atom is 0.272 e. The topological polar surface area (TPSA) is 69.6 Å². The third kappa shape index (κ3) is 3.60. The van der Waals surface area contributed by atoms with Crippen LogP contribution >= 0.6 is 0 Å². The van der Waals surface area contributed by atoms with E-state index in [1.807, 2.05) is 14.7 Å². The van der Waals surface area contributed by atoms with Gasteiger partial charge in [-0.3, -0.25) is 9.59 Å². The summed E-state index contributed by atoms with van der Waals surface area (Å²) in [5.41, 5.74) is 0.464. The van der Waals surface area contributed by atoms with Crippen LogP contribution in [0.5, 0.6) is 0 Å². The summed E-state index contributed by atoms with van der Waals surface area (Å²) in [6, 6.07) is 1.69. The highest BCUT2D eigenvalue weighted by Gasteiger charge is 2.23. The second kappa shape index (κ2) is 6.93. The number of anilines is 1. The molecule has 3 rings (SSSR count). The Kier molecular flexibility index (Phi) is 4.73. The Morgan fingerprint density at radius 3 is 2.30 bits per heavy atom. The molecule has 0 radical (unpaired) electrons. The number of likely N-dealkylation sites (tertiary alicyclic amines) is 1. The molecule has 124 valence electrons. The molecule has 0 spiro atoms. The number of piperazine rings is 1. The van der Waals surface area contributed by atoms with E-state index in [0.717, 1.165) is 25.9 Å². The zero-order chi connectivity index (χ0) is 16.2. The quantitative estimate of drug-likeness (QED) is 0.806. The fourth-order valence-electron chi connectivity index (χ4n) is 3.10. The second-order valence-corrected chi connectivity index (χ2v) is 6.09. The molecule has 2 saturated heterocycles. The number of carbonyl (C=O) groups is 2. The van der Waals surface area contributed by atoms with Gasteiger partial charge in [0.05, 0.1) is 0 Å². The molecule has 1 aromatic rings. The van der Waals surface area contributed by atoms with Gasteiger partial charge in [-0.15, -0.1) is 0 Å². The molecule has 23 heavy (non-hydrogen) atoms. The number of hydrogen-bond acceptors (Lipinski definition) is 5. The molecule has 0 aliphatic carbocycles. The average Bonchev–Trinajstić information content (AvgIpc) is 2.62. The van der Waals surface area contributed by atoms with Gasteiger partial charge in [-0.2, -0.15) is 0 Å². The molecule has 0 bridgehead atoms. The Balaban J connectivity index is 1.68. The lowest BCUT2D eigenvalue weighted by molar-refractivity contribution is -0.129. The number of carbonyl (C=O) groups excluding carboxylic acids is 2. The summed E-state index contributed by atoms with van der Waals surface area (Å²) in [5, 5.41) is 0. The molecule has 0 saturated carbocycles. The molecule has 0 N–H and O–H groups in total.